The number of carbonyl (C=O) groups excluding carboxylic acids is 1. The highest BCUT2D eigenvalue weighted by molar-refractivity contribution is 6.34. The van der Waals surface area contributed by atoms with Crippen molar-refractivity contribution in [3.63, 3.8) is 0 Å². The summed E-state index contributed by atoms with van der Waals surface area (Å²) in [6.45, 7) is 0. The molecular formula is C12H8ClN3O5. The van der Waals surface area contributed by atoms with Crippen molar-refractivity contribution in [2.24, 2.45) is 0 Å². The van der Waals surface area contributed by atoms with Crippen LogP contribution in [0.2, 0.25) is 5.02 Å². The number of halogens is 1. The molecule has 9 heteroatoms. The maximum atomic E-state index is 12.0. The van der Waals surface area contributed by atoms with E-state index in [1.54, 1.807) is 12.1 Å². The summed E-state index contributed by atoms with van der Waals surface area (Å²) in [5.74, 6) is -2.38. The number of carbonyl (C=O) groups is 3. The molecular weight excluding hydrogens is 302 g/mol. The predicted octanol–water partition coefficient (Wildman–Crippen LogP) is 2.01. The van der Waals surface area contributed by atoms with E-state index in [2.05, 4.69) is 10.4 Å². The van der Waals surface area contributed by atoms with Crippen LogP contribution in [0.3, 0.4) is 0 Å². The van der Waals surface area contributed by atoms with E-state index in [4.69, 9.17) is 21.8 Å². The molecule has 0 radical (unpaired) electrons. The number of hydrogen-bond acceptors (Lipinski definition) is 4. The summed E-state index contributed by atoms with van der Waals surface area (Å²) in [4.78, 5) is 33.8. The molecule has 2 rings (SSSR count). The van der Waals surface area contributed by atoms with Crippen molar-refractivity contribution in [1.29, 1.82) is 0 Å². The van der Waals surface area contributed by atoms with Crippen LogP contribution in [-0.2, 0) is 0 Å². The number of hydrogen-bond donors (Lipinski definition) is 3. The van der Waals surface area contributed by atoms with Gasteiger partial charge in [0.2, 0.25) is 0 Å². The Morgan fingerprint density at radius 2 is 1.86 bits per heavy atom. The fourth-order valence-corrected chi connectivity index (χ4v) is 1.77. The van der Waals surface area contributed by atoms with Gasteiger partial charge in [-0.3, -0.25) is 4.79 Å². The van der Waals surface area contributed by atoms with Crippen molar-refractivity contribution >= 4 is 35.4 Å². The van der Waals surface area contributed by atoms with E-state index in [0.29, 0.717) is 4.68 Å². The minimum Gasteiger partial charge on any atom is -0.476 e. The van der Waals surface area contributed by atoms with E-state index in [1.165, 1.54) is 12.1 Å². The van der Waals surface area contributed by atoms with Crippen molar-refractivity contribution < 1.29 is 24.6 Å². The summed E-state index contributed by atoms with van der Waals surface area (Å²) in [6, 6.07) is 7.08. The van der Waals surface area contributed by atoms with Crippen LogP contribution in [0.5, 0.6) is 0 Å². The first-order chi connectivity index (χ1) is 9.90. The molecule has 0 aliphatic heterocycles. The second kappa shape index (κ2) is 5.63. The maximum Gasteiger partial charge on any atom is 0.434 e. The fraction of sp³-hybridized carbons (Fsp3) is 0. The standard InChI is InChI=1S/C12H8ClN3O5/c13-7-4-2-1-3-6(7)10(17)14-9-5-8(11(18)19)15-16(9)12(20)21/h1-5H,(H,14,17)(H,18,19)(H,20,21). The number of aromatic carboxylic acids is 1. The number of nitrogens with one attached hydrogen (secondary N) is 1. The molecule has 0 fully saturated rings. The van der Waals surface area contributed by atoms with Crippen LogP contribution in [0, 0.1) is 0 Å². The summed E-state index contributed by atoms with van der Waals surface area (Å²) in [7, 11) is 0. The predicted molar refractivity (Wildman–Crippen MR) is 72.0 cm³/mol. The fourth-order valence-electron chi connectivity index (χ4n) is 1.55. The van der Waals surface area contributed by atoms with Crippen LogP contribution >= 0.6 is 11.6 Å². The Balaban J connectivity index is 2.35. The monoisotopic (exact) mass is 309 g/mol. The molecule has 1 heterocycles. The van der Waals surface area contributed by atoms with E-state index >= 15 is 0 Å². The third kappa shape index (κ3) is 3.00. The van der Waals surface area contributed by atoms with Gasteiger partial charge in [-0.2, -0.15) is 5.10 Å². The zero-order valence-corrected chi connectivity index (χ0v) is 11.0. The summed E-state index contributed by atoms with van der Waals surface area (Å²) in [6.07, 6.45) is -1.53. The Morgan fingerprint density at radius 3 is 2.43 bits per heavy atom. The highest BCUT2D eigenvalue weighted by atomic mass is 35.5. The van der Waals surface area contributed by atoms with E-state index < -0.39 is 23.7 Å². The molecule has 3 N–H and O–H groups in total. The third-order valence-corrected chi connectivity index (χ3v) is 2.80. The number of rotatable bonds is 3. The van der Waals surface area contributed by atoms with E-state index in [1.807, 2.05) is 0 Å². The molecule has 8 nitrogen and oxygen atoms in total. The summed E-state index contributed by atoms with van der Waals surface area (Å²) >= 11 is 5.85. The number of amides is 1. The minimum atomic E-state index is -1.53. The van der Waals surface area contributed by atoms with Gasteiger partial charge in [-0.1, -0.05) is 23.7 Å². The molecule has 0 atom stereocenters. The van der Waals surface area contributed by atoms with Gasteiger partial charge in [-0.15, -0.1) is 4.68 Å². The topological polar surface area (TPSA) is 122 Å². The lowest BCUT2D eigenvalue weighted by atomic mass is 10.2. The van der Waals surface area contributed by atoms with Crippen LogP contribution < -0.4 is 5.32 Å². The van der Waals surface area contributed by atoms with E-state index in [-0.39, 0.29) is 16.4 Å². The normalized spacial score (nSPS) is 10.1. The van der Waals surface area contributed by atoms with Crippen molar-refractivity contribution in [3.8, 4) is 0 Å². The lowest BCUT2D eigenvalue weighted by Crippen LogP contribution is -2.19. The number of benzene rings is 1. The first-order valence-corrected chi connectivity index (χ1v) is 5.90. The van der Waals surface area contributed by atoms with Gasteiger partial charge in [0.15, 0.2) is 5.69 Å². The highest BCUT2D eigenvalue weighted by Crippen LogP contribution is 2.18. The van der Waals surface area contributed by atoms with Crippen LogP contribution in [0.4, 0.5) is 10.6 Å². The van der Waals surface area contributed by atoms with Crippen molar-refractivity contribution in [1.82, 2.24) is 9.78 Å². The molecule has 0 unspecified atom stereocenters. The Hall–Kier alpha value is -2.87. The zero-order valence-electron chi connectivity index (χ0n) is 10.3. The van der Waals surface area contributed by atoms with Gasteiger partial charge >= 0.3 is 12.1 Å². The average Bonchev–Trinajstić information content (AvgIpc) is 2.83. The van der Waals surface area contributed by atoms with Gasteiger partial charge in [-0.05, 0) is 12.1 Å². The van der Waals surface area contributed by atoms with Gasteiger partial charge < -0.3 is 15.5 Å². The second-order valence-corrected chi connectivity index (χ2v) is 4.26. The number of carboxylic acid groups (broad SMARTS) is 2. The van der Waals surface area contributed by atoms with E-state index in [0.717, 1.165) is 6.07 Å². The third-order valence-electron chi connectivity index (χ3n) is 2.47. The van der Waals surface area contributed by atoms with Gasteiger partial charge in [0.25, 0.3) is 5.91 Å². The Labute approximate surface area is 122 Å². The first kappa shape index (κ1) is 14.5. The number of aromatic nitrogens is 2. The van der Waals surface area contributed by atoms with Gasteiger partial charge in [-0.25, -0.2) is 9.59 Å². The Morgan fingerprint density at radius 1 is 1.19 bits per heavy atom. The van der Waals surface area contributed by atoms with Crippen molar-refractivity contribution in [2.45, 2.75) is 0 Å². The first-order valence-electron chi connectivity index (χ1n) is 5.52. The molecule has 0 saturated heterocycles. The summed E-state index contributed by atoms with van der Waals surface area (Å²) < 4.78 is 0.359. The summed E-state index contributed by atoms with van der Waals surface area (Å²) in [5, 5.41) is 23.5. The molecule has 0 aliphatic rings. The van der Waals surface area contributed by atoms with Gasteiger partial charge in [0.1, 0.15) is 5.82 Å². The van der Waals surface area contributed by atoms with Crippen molar-refractivity contribution in [3.05, 3.63) is 46.6 Å². The highest BCUT2D eigenvalue weighted by Gasteiger charge is 2.20. The number of nitrogens with zero attached hydrogens (tertiary/aromatic N) is 2. The number of anilines is 1. The smallest absolute Gasteiger partial charge is 0.434 e. The molecule has 108 valence electrons. The van der Waals surface area contributed by atoms with E-state index in [9.17, 15) is 14.4 Å². The molecule has 1 aromatic heterocycles. The number of carboxylic acids is 1. The van der Waals surface area contributed by atoms with Gasteiger partial charge in [0.05, 0.1) is 10.6 Å². The van der Waals surface area contributed by atoms with Crippen LogP contribution in [0.25, 0.3) is 0 Å². The van der Waals surface area contributed by atoms with Gasteiger partial charge in [0, 0.05) is 6.07 Å². The maximum absolute atomic E-state index is 12.0. The molecule has 0 aliphatic carbocycles. The lowest BCUT2D eigenvalue weighted by molar-refractivity contribution is 0.0689. The minimum absolute atomic E-state index is 0.120. The van der Waals surface area contributed by atoms with Crippen molar-refractivity contribution in [2.75, 3.05) is 5.32 Å². The second-order valence-electron chi connectivity index (χ2n) is 3.85. The largest absolute Gasteiger partial charge is 0.476 e. The van der Waals surface area contributed by atoms with Crippen LogP contribution in [-0.4, -0.2) is 38.0 Å². The molecule has 0 saturated carbocycles. The Kier molecular flexibility index (Phi) is 3.90. The van der Waals surface area contributed by atoms with Crippen LogP contribution in [0.15, 0.2) is 30.3 Å². The lowest BCUT2D eigenvalue weighted by Gasteiger charge is -2.06. The summed E-state index contributed by atoms with van der Waals surface area (Å²) in [5.41, 5.74) is -0.388. The molecule has 1 amide bonds. The molecule has 21 heavy (non-hydrogen) atoms. The SMILES string of the molecule is O=C(O)c1cc(NC(=O)c2ccccc2Cl)n(C(=O)O)n1. The quantitative estimate of drug-likeness (QED) is 0.797. The molecule has 2 aromatic rings. The Bertz CT molecular complexity index is 740. The zero-order chi connectivity index (χ0) is 15.6. The average molecular weight is 310 g/mol. The molecule has 1 aromatic carbocycles. The molecule has 0 spiro atoms. The van der Waals surface area contributed by atoms with Crippen LogP contribution in [0.1, 0.15) is 20.8 Å². The molecule has 0 bridgehead atoms.